The van der Waals surface area contributed by atoms with Gasteiger partial charge in [0.05, 0.1) is 14.2 Å². The topological polar surface area (TPSA) is 102 Å². The number of methoxy groups -OCH3 is 2. The third kappa shape index (κ3) is 5.96. The highest BCUT2D eigenvalue weighted by molar-refractivity contribution is 7.73. The summed E-state index contributed by atoms with van der Waals surface area (Å²) in [5.74, 6) is 1.97. The lowest BCUT2D eigenvalue weighted by atomic mass is 10.0. The molecule has 0 radical (unpaired) electrons. The maximum atomic E-state index is 13.8. The van der Waals surface area contributed by atoms with Gasteiger partial charge in [0.15, 0.2) is 0 Å². The van der Waals surface area contributed by atoms with E-state index in [9.17, 15) is 18.7 Å². The van der Waals surface area contributed by atoms with Crippen molar-refractivity contribution < 1.29 is 32.5 Å². The van der Waals surface area contributed by atoms with Gasteiger partial charge in [-0.25, -0.2) is 13.7 Å². The van der Waals surface area contributed by atoms with E-state index < -0.39 is 39.1 Å². The highest BCUT2D eigenvalue weighted by Gasteiger charge is 2.50. The molecule has 0 spiro atoms. The fourth-order valence-electron chi connectivity index (χ4n) is 3.78. The zero-order chi connectivity index (χ0) is 23.4. The van der Waals surface area contributed by atoms with Gasteiger partial charge in [-0.3, -0.25) is 18.7 Å². The summed E-state index contributed by atoms with van der Waals surface area (Å²) in [6, 6.07) is -1.60. The largest absolute Gasteiger partial charge is 0.468 e. The number of rotatable bonds is 10. The summed E-state index contributed by atoms with van der Waals surface area (Å²) in [7, 11) is -5.00. The minimum atomic E-state index is -3.78. The monoisotopic (exact) mass is 476 g/mol. The minimum absolute atomic E-state index is 0.131. The van der Waals surface area contributed by atoms with Gasteiger partial charge in [0.25, 0.3) is 0 Å². The lowest BCUT2D eigenvalue weighted by molar-refractivity contribution is -0.146. The van der Waals surface area contributed by atoms with Crippen molar-refractivity contribution in [2.45, 2.75) is 52.6 Å². The number of ether oxygens (including phenoxy) is 2. The summed E-state index contributed by atoms with van der Waals surface area (Å²) in [5, 5.41) is 0. The molecule has 0 aromatic heterocycles. The molecule has 0 saturated carbocycles. The Morgan fingerprint density at radius 3 is 1.45 bits per heavy atom. The SMILES string of the molecule is COC(=O)C(CC(C)C)N1CC=CP1(=O)OP1(=O)C=CCN1C(CC(C)C)C(=O)OC. The molecular formula is C20H34N2O7P2. The van der Waals surface area contributed by atoms with Crippen LogP contribution in [0.5, 0.6) is 0 Å². The molecule has 176 valence electrons. The molecule has 2 aliphatic heterocycles. The van der Waals surface area contributed by atoms with E-state index in [2.05, 4.69) is 0 Å². The van der Waals surface area contributed by atoms with Crippen molar-refractivity contribution in [2.75, 3.05) is 27.3 Å². The van der Waals surface area contributed by atoms with Crippen LogP contribution in [0.4, 0.5) is 0 Å². The van der Waals surface area contributed by atoms with Crippen LogP contribution in [-0.2, 0) is 32.5 Å². The van der Waals surface area contributed by atoms with Crippen molar-refractivity contribution in [3.63, 3.8) is 0 Å². The number of esters is 2. The summed E-state index contributed by atoms with van der Waals surface area (Å²) in [6.45, 7) is 8.20. The van der Waals surface area contributed by atoms with Crippen molar-refractivity contribution in [2.24, 2.45) is 11.8 Å². The van der Waals surface area contributed by atoms with Crippen LogP contribution in [0.1, 0.15) is 40.5 Å². The van der Waals surface area contributed by atoms with Crippen LogP contribution in [0.2, 0.25) is 0 Å². The second-order valence-electron chi connectivity index (χ2n) is 8.56. The van der Waals surface area contributed by atoms with Crippen LogP contribution < -0.4 is 0 Å². The first-order valence-corrected chi connectivity index (χ1v) is 13.7. The molecule has 0 fully saturated rings. The predicted octanol–water partition coefficient (Wildman–Crippen LogP) is 4.22. The summed E-state index contributed by atoms with van der Waals surface area (Å²) < 4.78 is 46.2. The molecule has 2 rings (SSSR count). The Morgan fingerprint density at radius 1 is 0.806 bits per heavy atom. The van der Waals surface area contributed by atoms with E-state index in [4.69, 9.17) is 13.8 Å². The Morgan fingerprint density at radius 2 is 1.16 bits per heavy atom. The molecular weight excluding hydrogens is 442 g/mol. The number of hydrogen-bond acceptors (Lipinski definition) is 7. The quantitative estimate of drug-likeness (QED) is 0.339. The highest BCUT2D eigenvalue weighted by atomic mass is 31.2. The van der Waals surface area contributed by atoms with Gasteiger partial charge in [-0.05, 0) is 24.7 Å². The first-order valence-electron chi connectivity index (χ1n) is 10.4. The predicted molar refractivity (Wildman–Crippen MR) is 119 cm³/mol. The van der Waals surface area contributed by atoms with E-state index in [0.717, 1.165) is 0 Å². The van der Waals surface area contributed by atoms with Gasteiger partial charge in [0.2, 0.25) is 0 Å². The maximum absolute atomic E-state index is 13.8. The number of nitrogens with zero attached hydrogens (tertiary/aromatic N) is 2. The Labute approximate surface area is 184 Å². The molecule has 11 heteroatoms. The van der Waals surface area contributed by atoms with Gasteiger partial charge in [0.1, 0.15) is 12.1 Å². The van der Waals surface area contributed by atoms with Crippen LogP contribution in [0.15, 0.2) is 23.8 Å². The number of carbonyl (C=O) groups is 2. The second kappa shape index (κ2) is 10.6. The summed E-state index contributed by atoms with van der Waals surface area (Å²) in [6.07, 6.45) is 4.09. The highest BCUT2D eigenvalue weighted by Crippen LogP contribution is 2.72. The minimum Gasteiger partial charge on any atom is -0.468 e. The summed E-state index contributed by atoms with van der Waals surface area (Å²) >= 11 is 0. The van der Waals surface area contributed by atoms with Gasteiger partial charge in [-0.2, -0.15) is 0 Å². The second-order valence-corrected chi connectivity index (χ2v) is 13.1. The van der Waals surface area contributed by atoms with Crippen LogP contribution in [0, 0.1) is 11.8 Å². The van der Waals surface area contributed by atoms with E-state index in [1.54, 1.807) is 12.2 Å². The third-order valence-corrected chi connectivity index (χ3v) is 10.5. The molecule has 0 aromatic carbocycles. The Balaban J connectivity index is 2.36. The lowest BCUT2D eigenvalue weighted by Crippen LogP contribution is -2.41. The summed E-state index contributed by atoms with van der Waals surface area (Å²) in [5.41, 5.74) is 0. The van der Waals surface area contributed by atoms with Gasteiger partial charge in [0, 0.05) is 24.7 Å². The first kappa shape index (κ1) is 26.0. The maximum Gasteiger partial charge on any atom is 0.323 e. The van der Waals surface area contributed by atoms with Gasteiger partial charge >= 0.3 is 27.0 Å². The van der Waals surface area contributed by atoms with E-state index in [-0.39, 0.29) is 24.9 Å². The van der Waals surface area contributed by atoms with E-state index >= 15 is 0 Å². The zero-order valence-corrected chi connectivity index (χ0v) is 20.9. The van der Waals surface area contributed by atoms with Crippen LogP contribution in [-0.4, -0.2) is 60.7 Å². The molecule has 0 amide bonds. The third-order valence-electron chi connectivity index (χ3n) is 5.18. The molecule has 31 heavy (non-hydrogen) atoms. The van der Waals surface area contributed by atoms with E-state index in [1.807, 2.05) is 27.7 Å². The summed E-state index contributed by atoms with van der Waals surface area (Å²) in [4.78, 5) is 24.9. The van der Waals surface area contributed by atoms with Crippen LogP contribution >= 0.6 is 15.0 Å². The fraction of sp³-hybridized carbons (Fsp3) is 0.700. The molecule has 0 N–H and O–H groups in total. The standard InChI is InChI=1S/C20H34N2O7P2/c1-15(2)13-17(19(23)27-5)21-9-7-11-30(21,25)29-31(26)12-8-10-22(31)18(14-16(3)4)20(24)28-6/h7-8,11-12,15-18H,9-10,13-14H2,1-6H3. The molecule has 9 nitrogen and oxygen atoms in total. The first-order chi connectivity index (χ1) is 14.5. The molecule has 0 aliphatic carbocycles. The van der Waals surface area contributed by atoms with Gasteiger partial charge < -0.3 is 9.47 Å². The lowest BCUT2D eigenvalue weighted by Gasteiger charge is -2.36. The molecule has 0 bridgehead atoms. The Hall–Kier alpha value is -1.24. The van der Waals surface area contributed by atoms with Crippen molar-refractivity contribution in [3.05, 3.63) is 23.8 Å². The molecule has 4 atom stereocenters. The number of carbonyl (C=O) groups excluding carboxylic acids is 2. The average Bonchev–Trinajstić information content (AvgIpc) is 3.24. The van der Waals surface area contributed by atoms with Crippen molar-refractivity contribution in [1.82, 2.24) is 9.34 Å². The molecule has 2 aliphatic rings. The van der Waals surface area contributed by atoms with Crippen LogP contribution in [0.25, 0.3) is 0 Å². The van der Waals surface area contributed by atoms with Crippen molar-refractivity contribution >= 4 is 27.0 Å². The normalized spacial score (nSPS) is 28.4. The fourth-order valence-corrected chi connectivity index (χ4v) is 9.17. The van der Waals surface area contributed by atoms with Crippen molar-refractivity contribution in [3.8, 4) is 0 Å². The molecule has 0 saturated heterocycles. The zero-order valence-electron chi connectivity index (χ0n) is 19.1. The van der Waals surface area contributed by atoms with Gasteiger partial charge in [-0.1, -0.05) is 39.8 Å². The average molecular weight is 476 g/mol. The number of hydrogen-bond donors (Lipinski definition) is 0. The van der Waals surface area contributed by atoms with Crippen molar-refractivity contribution in [1.29, 1.82) is 0 Å². The molecule has 2 heterocycles. The van der Waals surface area contributed by atoms with E-state index in [0.29, 0.717) is 12.8 Å². The smallest absolute Gasteiger partial charge is 0.323 e. The Kier molecular flexibility index (Phi) is 8.88. The van der Waals surface area contributed by atoms with E-state index in [1.165, 1.54) is 35.2 Å². The Bertz CT molecular complexity index is 758. The molecule has 4 unspecified atom stereocenters. The molecule has 0 aromatic rings. The van der Waals surface area contributed by atoms with Crippen LogP contribution in [0.3, 0.4) is 0 Å². The van der Waals surface area contributed by atoms with Gasteiger partial charge in [-0.15, -0.1) is 0 Å².